The van der Waals surface area contributed by atoms with E-state index in [-0.39, 0.29) is 0 Å². The van der Waals surface area contributed by atoms with Crippen molar-refractivity contribution in [2.75, 3.05) is 0 Å². The monoisotopic (exact) mass is 324 g/mol. The summed E-state index contributed by atoms with van der Waals surface area (Å²) in [5.41, 5.74) is 0. The van der Waals surface area contributed by atoms with Crippen molar-refractivity contribution in [1.29, 1.82) is 0 Å². The average molecular weight is 325 g/mol. The van der Waals surface area contributed by atoms with Crippen LogP contribution in [0.25, 0.3) is 0 Å². The highest BCUT2D eigenvalue weighted by Gasteiger charge is 2.30. The molecule has 0 nitrogen and oxygen atoms in total. The molecule has 2 aromatic rings. The zero-order valence-electron chi connectivity index (χ0n) is 14.3. The van der Waals surface area contributed by atoms with Crippen molar-refractivity contribution in [2.45, 2.75) is 38.3 Å². The van der Waals surface area contributed by atoms with Gasteiger partial charge in [0.15, 0.2) is 0 Å². The van der Waals surface area contributed by atoms with Gasteiger partial charge in [0.25, 0.3) is 0 Å². The Morgan fingerprint density at radius 3 is 1.45 bits per heavy atom. The van der Waals surface area contributed by atoms with Crippen molar-refractivity contribution in [2.24, 2.45) is 0 Å². The van der Waals surface area contributed by atoms with Crippen LogP contribution in [0.5, 0.6) is 0 Å². The lowest BCUT2D eigenvalue weighted by molar-refractivity contribution is 1.46. The third-order valence-electron chi connectivity index (χ3n) is 4.24. The van der Waals surface area contributed by atoms with Crippen molar-refractivity contribution in [3.05, 3.63) is 72.8 Å². The van der Waals surface area contributed by atoms with E-state index in [9.17, 15) is 0 Å². The highest BCUT2D eigenvalue weighted by atomic mass is 28.3. The third-order valence-corrected chi connectivity index (χ3v) is 9.97. The summed E-state index contributed by atoms with van der Waals surface area (Å²) in [4.78, 5) is 0. The topological polar surface area (TPSA) is 0 Å². The minimum atomic E-state index is -1.67. The number of allylic oxidation sites excluding steroid dienone is 2. The molecule has 2 heteroatoms. The van der Waals surface area contributed by atoms with E-state index in [4.69, 9.17) is 0 Å². The lowest BCUT2D eigenvalue weighted by Gasteiger charge is -2.27. The minimum absolute atomic E-state index is 0.983. The summed E-state index contributed by atoms with van der Waals surface area (Å²) in [7, 11) is -2.65. The molecule has 0 N–H and O–H groups in total. The number of rotatable bonds is 6. The highest BCUT2D eigenvalue weighted by molar-refractivity contribution is 7.01. The largest absolute Gasteiger partial charge is 0.118 e. The quantitative estimate of drug-likeness (QED) is 0.530. The Balaban J connectivity index is 2.27. The maximum absolute atomic E-state index is 2.50. The molecule has 0 heterocycles. The molecular formula is C20H28Si2. The molecule has 0 fully saturated rings. The van der Waals surface area contributed by atoms with Crippen LogP contribution in [0, 0.1) is 0 Å². The zero-order valence-corrected chi connectivity index (χ0v) is 16.3. The average Bonchev–Trinajstić information content (AvgIpc) is 2.52. The molecule has 2 aromatic carbocycles. The van der Waals surface area contributed by atoms with Crippen LogP contribution >= 0.6 is 0 Å². The summed E-state index contributed by atoms with van der Waals surface area (Å²) in [5.74, 6) is 0. The maximum atomic E-state index is 2.50. The number of hydrogen-bond acceptors (Lipinski definition) is 0. The first kappa shape index (κ1) is 17.0. The first-order chi connectivity index (χ1) is 10.4. The van der Waals surface area contributed by atoms with Crippen LogP contribution in [-0.2, 0) is 0 Å². The van der Waals surface area contributed by atoms with Gasteiger partial charge in [-0.25, -0.2) is 0 Å². The smallest absolute Gasteiger partial charge is 0.0915 e. The standard InChI is InChI=1S/C20H28Si2/c1-21(2,3)17-11-12-18-22(4,19-13-7-5-8-14-19)20-15-9-6-10-16-20/h5-16H,17-18H2,1-4H3/b12-11+. The predicted molar refractivity (Wildman–Crippen MR) is 106 cm³/mol. The second-order valence-electron chi connectivity index (χ2n) is 7.50. The lowest BCUT2D eigenvalue weighted by Crippen LogP contribution is -2.55. The van der Waals surface area contributed by atoms with Crippen LogP contribution in [0.4, 0.5) is 0 Å². The van der Waals surface area contributed by atoms with E-state index in [1.54, 1.807) is 0 Å². The van der Waals surface area contributed by atoms with Gasteiger partial charge in [0, 0.05) is 8.07 Å². The summed E-state index contributed by atoms with van der Waals surface area (Å²) in [6.45, 7) is 9.80. The fourth-order valence-corrected chi connectivity index (χ4v) is 6.94. The summed E-state index contributed by atoms with van der Waals surface area (Å²) in [6, 6.07) is 24.6. The van der Waals surface area contributed by atoms with Crippen molar-refractivity contribution >= 4 is 26.5 Å². The Hall–Kier alpha value is -1.39. The molecule has 0 bridgehead atoms. The van der Waals surface area contributed by atoms with E-state index in [0.29, 0.717) is 0 Å². The fraction of sp³-hybridized carbons (Fsp3) is 0.300. The molecule has 116 valence electrons. The molecular weight excluding hydrogens is 296 g/mol. The predicted octanol–water partition coefficient (Wildman–Crippen LogP) is 4.77. The maximum Gasteiger partial charge on any atom is 0.118 e. The molecule has 0 aliphatic rings. The molecule has 0 amide bonds. The lowest BCUT2D eigenvalue weighted by atomic mass is 10.4. The van der Waals surface area contributed by atoms with E-state index >= 15 is 0 Å². The van der Waals surface area contributed by atoms with E-state index < -0.39 is 16.1 Å². The second kappa shape index (κ2) is 7.25. The van der Waals surface area contributed by atoms with Crippen LogP contribution in [0.15, 0.2) is 72.8 Å². The molecule has 0 atom stereocenters. The molecule has 0 radical (unpaired) electrons. The number of benzene rings is 2. The van der Waals surface area contributed by atoms with Gasteiger partial charge in [-0.1, -0.05) is 109 Å². The molecule has 0 unspecified atom stereocenters. The Labute approximate surface area is 137 Å². The molecule has 22 heavy (non-hydrogen) atoms. The van der Waals surface area contributed by atoms with Crippen molar-refractivity contribution in [3.63, 3.8) is 0 Å². The van der Waals surface area contributed by atoms with Gasteiger partial charge >= 0.3 is 0 Å². The molecule has 2 rings (SSSR count). The van der Waals surface area contributed by atoms with E-state index in [1.807, 2.05) is 0 Å². The first-order valence-corrected chi connectivity index (χ1v) is 14.6. The SMILES string of the molecule is C[Si](C)(C)C/C=C/C[Si](C)(c1ccccc1)c1ccccc1. The van der Waals surface area contributed by atoms with E-state index in [0.717, 1.165) is 0 Å². The summed E-state index contributed by atoms with van der Waals surface area (Å²) in [5, 5.41) is 3.05. The molecule has 0 aromatic heterocycles. The molecule has 0 saturated carbocycles. The van der Waals surface area contributed by atoms with Gasteiger partial charge < -0.3 is 0 Å². The summed E-state index contributed by atoms with van der Waals surface area (Å²) < 4.78 is 0. The third kappa shape index (κ3) is 4.55. The van der Waals surface area contributed by atoms with Gasteiger partial charge in [0.2, 0.25) is 0 Å². The van der Waals surface area contributed by atoms with Crippen LogP contribution in [-0.4, -0.2) is 16.1 Å². The van der Waals surface area contributed by atoms with Crippen molar-refractivity contribution < 1.29 is 0 Å². The van der Waals surface area contributed by atoms with Gasteiger partial charge in [0.1, 0.15) is 8.07 Å². The van der Waals surface area contributed by atoms with Crippen LogP contribution < -0.4 is 10.4 Å². The Kier molecular flexibility index (Phi) is 5.59. The van der Waals surface area contributed by atoms with Crippen LogP contribution in [0.3, 0.4) is 0 Å². The Morgan fingerprint density at radius 2 is 1.05 bits per heavy atom. The number of hydrogen-bond donors (Lipinski definition) is 0. The van der Waals surface area contributed by atoms with Crippen molar-refractivity contribution in [1.82, 2.24) is 0 Å². The summed E-state index contributed by atoms with van der Waals surface area (Å²) in [6.07, 6.45) is 4.88. The van der Waals surface area contributed by atoms with Gasteiger partial charge in [-0.15, -0.1) is 0 Å². The van der Waals surface area contributed by atoms with E-state index in [1.165, 1.54) is 22.5 Å². The molecule has 0 aliphatic carbocycles. The van der Waals surface area contributed by atoms with Gasteiger partial charge in [-0.3, -0.25) is 0 Å². The zero-order chi connectivity index (χ0) is 16.1. The Morgan fingerprint density at radius 1 is 0.636 bits per heavy atom. The summed E-state index contributed by atoms with van der Waals surface area (Å²) >= 11 is 0. The van der Waals surface area contributed by atoms with Gasteiger partial charge in [0.05, 0.1) is 0 Å². The molecule has 0 saturated heterocycles. The van der Waals surface area contributed by atoms with Crippen LogP contribution in [0.1, 0.15) is 0 Å². The highest BCUT2D eigenvalue weighted by Crippen LogP contribution is 2.14. The fourth-order valence-electron chi connectivity index (χ4n) is 2.77. The normalized spacial score (nSPS) is 12.7. The van der Waals surface area contributed by atoms with Crippen LogP contribution in [0.2, 0.25) is 38.3 Å². The molecule has 0 aliphatic heterocycles. The van der Waals surface area contributed by atoms with Crippen molar-refractivity contribution in [3.8, 4) is 0 Å². The first-order valence-electron chi connectivity index (χ1n) is 8.18. The second-order valence-corrected chi connectivity index (χ2v) is 17.3. The molecule has 0 spiro atoms. The van der Waals surface area contributed by atoms with E-state index in [2.05, 4.69) is 99.0 Å². The minimum Gasteiger partial charge on any atom is -0.0915 e. The van der Waals surface area contributed by atoms with Gasteiger partial charge in [-0.2, -0.15) is 0 Å². The van der Waals surface area contributed by atoms with Gasteiger partial charge in [-0.05, 0) is 12.1 Å². The Bertz CT molecular complexity index is 555.